The maximum absolute atomic E-state index is 12.2. The van der Waals surface area contributed by atoms with Gasteiger partial charge in [-0.15, -0.1) is 0 Å². The molecule has 62 valence electrons. The molecule has 1 nitrogen and oxygen atoms in total. The zero-order valence-electron chi connectivity index (χ0n) is 6.13. The summed E-state index contributed by atoms with van der Waals surface area (Å²) in [6.45, 7) is 0. The quantitative estimate of drug-likeness (QED) is 0.636. The van der Waals surface area contributed by atoms with Gasteiger partial charge < -0.3 is 4.42 Å². The van der Waals surface area contributed by atoms with Crippen LogP contribution in [0.5, 0.6) is 0 Å². The van der Waals surface area contributed by atoms with Gasteiger partial charge in [-0.25, -0.2) is 8.78 Å². The lowest BCUT2D eigenvalue weighted by Gasteiger charge is -1.92. The highest BCUT2D eigenvalue weighted by atomic mass is 19.3. The van der Waals surface area contributed by atoms with Crippen molar-refractivity contribution in [1.29, 1.82) is 0 Å². The molecule has 0 saturated carbocycles. The summed E-state index contributed by atoms with van der Waals surface area (Å²) in [6, 6.07) is 6.21. The molecule has 2 rings (SSSR count). The summed E-state index contributed by atoms with van der Waals surface area (Å²) >= 11 is 0. The molecule has 0 N–H and O–H groups in total. The fourth-order valence-electron chi connectivity index (χ4n) is 1.14. The minimum atomic E-state index is -2.42. The average molecular weight is 168 g/mol. The molecule has 1 heterocycles. The van der Waals surface area contributed by atoms with Crippen molar-refractivity contribution >= 4 is 0 Å². The van der Waals surface area contributed by atoms with Crippen LogP contribution >= 0.6 is 0 Å². The molecule has 1 aliphatic heterocycles. The van der Waals surface area contributed by atoms with Crippen LogP contribution in [0.2, 0.25) is 0 Å². The van der Waals surface area contributed by atoms with Crippen LogP contribution in [0.1, 0.15) is 12.0 Å². The van der Waals surface area contributed by atoms with E-state index in [9.17, 15) is 8.78 Å². The Hall–Kier alpha value is -1.38. The second-order valence-electron chi connectivity index (χ2n) is 2.52. The smallest absolute Gasteiger partial charge is 0.264 e. The van der Waals surface area contributed by atoms with E-state index < -0.39 is 6.43 Å². The summed E-state index contributed by atoms with van der Waals surface area (Å²) in [6.07, 6.45) is -0.954. The standard InChI is InChI=1S/C9H6F2O/c10-9(11)7-4-6-2-1-3-12-8(6)5-7/h1-5,9H. The van der Waals surface area contributed by atoms with Crippen LogP contribution in [0.15, 0.2) is 34.9 Å². The largest absolute Gasteiger partial charge is 0.464 e. The first-order valence-corrected chi connectivity index (χ1v) is 3.52. The van der Waals surface area contributed by atoms with Crippen molar-refractivity contribution in [2.75, 3.05) is 0 Å². The lowest BCUT2D eigenvalue weighted by Crippen LogP contribution is -1.74. The second-order valence-corrected chi connectivity index (χ2v) is 2.52. The van der Waals surface area contributed by atoms with E-state index in [1.54, 1.807) is 12.1 Å². The van der Waals surface area contributed by atoms with E-state index in [0.717, 1.165) is 0 Å². The number of hydrogen-bond donors (Lipinski definition) is 0. The fourth-order valence-corrected chi connectivity index (χ4v) is 1.14. The van der Waals surface area contributed by atoms with E-state index in [0.29, 0.717) is 11.3 Å². The third-order valence-corrected chi connectivity index (χ3v) is 1.71. The third kappa shape index (κ3) is 1.07. The van der Waals surface area contributed by atoms with Crippen molar-refractivity contribution in [3.8, 4) is 11.3 Å². The Kier molecular flexibility index (Phi) is 1.57. The van der Waals surface area contributed by atoms with Gasteiger partial charge in [-0.2, -0.15) is 0 Å². The molecule has 3 heteroatoms. The van der Waals surface area contributed by atoms with Crippen molar-refractivity contribution in [1.82, 2.24) is 0 Å². The summed E-state index contributed by atoms with van der Waals surface area (Å²) in [5.41, 5.74) is 0.729. The Morgan fingerprint density at radius 1 is 1.25 bits per heavy atom. The van der Waals surface area contributed by atoms with Gasteiger partial charge in [-0.3, -0.25) is 0 Å². The molecule has 0 atom stereocenters. The molecule has 0 unspecified atom stereocenters. The lowest BCUT2D eigenvalue weighted by atomic mass is 10.3. The van der Waals surface area contributed by atoms with Gasteiger partial charge in [0.15, 0.2) is 0 Å². The predicted molar refractivity (Wildman–Crippen MR) is 40.3 cm³/mol. The second kappa shape index (κ2) is 2.59. The molecule has 0 fully saturated rings. The number of fused-ring (bicyclic) bond motifs is 1. The first-order valence-electron chi connectivity index (χ1n) is 3.52. The van der Waals surface area contributed by atoms with Gasteiger partial charge >= 0.3 is 0 Å². The van der Waals surface area contributed by atoms with Crippen LogP contribution in [0.25, 0.3) is 11.3 Å². The van der Waals surface area contributed by atoms with Crippen LogP contribution in [0, 0.1) is 0 Å². The maximum Gasteiger partial charge on any atom is 0.264 e. The van der Waals surface area contributed by atoms with Crippen molar-refractivity contribution in [3.63, 3.8) is 0 Å². The van der Waals surface area contributed by atoms with Gasteiger partial charge in [0.2, 0.25) is 0 Å². The molecule has 0 amide bonds. The van der Waals surface area contributed by atoms with Gasteiger partial charge in [0.05, 0.1) is 6.26 Å². The van der Waals surface area contributed by atoms with Crippen LogP contribution in [-0.4, -0.2) is 0 Å². The average Bonchev–Trinajstić information content (AvgIpc) is 2.46. The molecule has 0 bridgehead atoms. The van der Waals surface area contributed by atoms with E-state index in [-0.39, 0.29) is 5.56 Å². The molecule has 0 aromatic rings. The zero-order chi connectivity index (χ0) is 8.55. The Labute approximate surface area is 68.0 Å². The molecular weight excluding hydrogens is 162 g/mol. The van der Waals surface area contributed by atoms with Crippen LogP contribution < -0.4 is 0 Å². The Morgan fingerprint density at radius 3 is 2.75 bits per heavy atom. The van der Waals surface area contributed by atoms with Gasteiger partial charge in [0.1, 0.15) is 5.76 Å². The van der Waals surface area contributed by atoms with Crippen molar-refractivity contribution in [2.24, 2.45) is 0 Å². The van der Waals surface area contributed by atoms with E-state index in [1.807, 2.05) is 0 Å². The summed E-state index contributed by atoms with van der Waals surface area (Å²) < 4.78 is 29.3. The van der Waals surface area contributed by atoms with Crippen molar-refractivity contribution in [3.05, 3.63) is 36.1 Å². The highest BCUT2D eigenvalue weighted by Gasteiger charge is 2.14. The fraction of sp³-hybridized carbons (Fsp3) is 0.111. The maximum atomic E-state index is 12.2. The van der Waals surface area contributed by atoms with Crippen LogP contribution in [0.3, 0.4) is 0 Å². The molecule has 2 aliphatic rings. The van der Waals surface area contributed by atoms with E-state index in [4.69, 9.17) is 4.42 Å². The summed E-state index contributed by atoms with van der Waals surface area (Å²) in [7, 11) is 0. The Bertz CT molecular complexity index is 324. The molecule has 0 saturated heterocycles. The van der Waals surface area contributed by atoms with Crippen LogP contribution in [0.4, 0.5) is 8.78 Å². The van der Waals surface area contributed by atoms with Gasteiger partial charge in [0.25, 0.3) is 6.43 Å². The van der Waals surface area contributed by atoms with E-state index in [1.165, 1.54) is 18.4 Å². The SMILES string of the molecule is FC(F)c1cc2cccoc-2c1. The van der Waals surface area contributed by atoms with Gasteiger partial charge in [-0.1, -0.05) is 0 Å². The highest BCUT2D eigenvalue weighted by Crippen LogP contribution is 2.30. The minimum Gasteiger partial charge on any atom is -0.464 e. The molecule has 0 aromatic carbocycles. The monoisotopic (exact) mass is 168 g/mol. The molecule has 1 aliphatic carbocycles. The molecular formula is C9H6F2O. The minimum absolute atomic E-state index is 0.0138. The summed E-state index contributed by atoms with van der Waals surface area (Å²) in [5, 5.41) is 0. The Morgan fingerprint density at radius 2 is 2.08 bits per heavy atom. The third-order valence-electron chi connectivity index (χ3n) is 1.71. The molecule has 0 aromatic heterocycles. The number of halogens is 2. The first-order chi connectivity index (χ1) is 5.77. The number of hydrogen-bond acceptors (Lipinski definition) is 1. The topological polar surface area (TPSA) is 13.1 Å². The van der Waals surface area contributed by atoms with Crippen LogP contribution in [-0.2, 0) is 0 Å². The highest BCUT2D eigenvalue weighted by molar-refractivity contribution is 5.62. The molecule has 0 radical (unpaired) electrons. The molecule has 12 heavy (non-hydrogen) atoms. The zero-order valence-corrected chi connectivity index (χ0v) is 6.13. The van der Waals surface area contributed by atoms with E-state index in [2.05, 4.69) is 0 Å². The summed E-state index contributed by atoms with van der Waals surface area (Å²) in [5.74, 6) is 0.507. The van der Waals surface area contributed by atoms with Gasteiger partial charge in [0, 0.05) is 11.1 Å². The van der Waals surface area contributed by atoms with E-state index >= 15 is 0 Å². The summed E-state index contributed by atoms with van der Waals surface area (Å²) in [4.78, 5) is 0. The molecule has 0 spiro atoms. The lowest BCUT2D eigenvalue weighted by molar-refractivity contribution is 0.152. The number of alkyl halides is 2. The van der Waals surface area contributed by atoms with Crippen molar-refractivity contribution < 1.29 is 13.2 Å². The van der Waals surface area contributed by atoms with Gasteiger partial charge in [-0.05, 0) is 24.3 Å². The van der Waals surface area contributed by atoms with Crippen molar-refractivity contribution in [2.45, 2.75) is 6.43 Å². The Balaban J connectivity index is 2.56. The normalized spacial score (nSPS) is 11.2. The predicted octanol–water partition coefficient (Wildman–Crippen LogP) is 3.32. The number of rotatable bonds is 1. The first kappa shape index (κ1) is 7.28.